The second-order valence-corrected chi connectivity index (χ2v) is 10.4. The van der Waals surface area contributed by atoms with Gasteiger partial charge in [0.2, 0.25) is 5.91 Å². The Morgan fingerprint density at radius 1 is 1.17 bits per heavy atom. The van der Waals surface area contributed by atoms with Crippen molar-refractivity contribution in [3.8, 4) is 5.69 Å². The zero-order valence-corrected chi connectivity index (χ0v) is 21.4. The number of hydrogen-bond acceptors (Lipinski definition) is 3. The molecule has 5 rings (SSSR count). The van der Waals surface area contributed by atoms with Gasteiger partial charge in [0.15, 0.2) is 0 Å². The zero-order chi connectivity index (χ0) is 25.4. The first-order valence-corrected chi connectivity index (χ1v) is 12.5. The van der Waals surface area contributed by atoms with Gasteiger partial charge in [-0.2, -0.15) is 0 Å². The number of carbonyl (C=O) groups excluding carboxylic acids is 2. The summed E-state index contributed by atoms with van der Waals surface area (Å²) >= 11 is 0. The minimum Gasteiger partial charge on any atom is -0.354 e. The van der Waals surface area contributed by atoms with Crippen LogP contribution in [0.4, 0.5) is 0 Å². The summed E-state index contributed by atoms with van der Waals surface area (Å²) in [7, 11) is 0. The summed E-state index contributed by atoms with van der Waals surface area (Å²) in [6.07, 6.45) is 8.27. The largest absolute Gasteiger partial charge is 0.354 e. The zero-order valence-electron chi connectivity index (χ0n) is 21.4. The van der Waals surface area contributed by atoms with Crippen LogP contribution in [0.1, 0.15) is 48.8 Å². The standard InChI is InChI=1S/C29H33N5O2/c1-20(2)11-13-31-28(36)29(4)19-33-24-10-9-21(3)16-23(24)25(32-14-5-6-15-32)26(33)27(35)34(29)18-22-8-7-12-30-17-22/h5-10,12,14-17,20H,11,13,18-19H2,1-4H3,(H,31,36)/t29-/m1/s1. The van der Waals surface area contributed by atoms with Gasteiger partial charge in [0, 0.05) is 43.3 Å². The molecule has 1 aromatic carbocycles. The Bertz CT molecular complexity index is 1400. The fourth-order valence-electron chi connectivity index (χ4n) is 5.10. The maximum atomic E-state index is 14.4. The summed E-state index contributed by atoms with van der Waals surface area (Å²) in [4.78, 5) is 34.1. The first kappa shape index (κ1) is 23.9. The Morgan fingerprint density at radius 2 is 1.94 bits per heavy atom. The molecule has 7 nitrogen and oxygen atoms in total. The van der Waals surface area contributed by atoms with Crippen molar-refractivity contribution in [1.82, 2.24) is 24.3 Å². The predicted molar refractivity (Wildman–Crippen MR) is 141 cm³/mol. The van der Waals surface area contributed by atoms with Crippen molar-refractivity contribution < 1.29 is 9.59 Å². The molecule has 0 saturated heterocycles. The Hall–Kier alpha value is -3.87. The van der Waals surface area contributed by atoms with E-state index >= 15 is 0 Å². The average Bonchev–Trinajstić information content (AvgIpc) is 3.48. The first-order chi connectivity index (χ1) is 17.3. The predicted octanol–water partition coefficient (Wildman–Crippen LogP) is 4.71. The Morgan fingerprint density at radius 3 is 2.64 bits per heavy atom. The lowest BCUT2D eigenvalue weighted by atomic mass is 9.93. The number of nitrogens with one attached hydrogen (secondary N) is 1. The molecule has 0 bridgehead atoms. The lowest BCUT2D eigenvalue weighted by molar-refractivity contribution is -0.133. The van der Waals surface area contributed by atoms with E-state index in [4.69, 9.17) is 0 Å². The van der Waals surface area contributed by atoms with E-state index in [0.717, 1.165) is 34.1 Å². The lowest BCUT2D eigenvalue weighted by Crippen LogP contribution is -2.63. The van der Waals surface area contributed by atoms with Gasteiger partial charge in [0.1, 0.15) is 11.2 Å². The number of rotatable bonds is 7. The SMILES string of the molecule is Cc1ccc2c(c1)c(-n1cccc1)c1n2C[C@](C)(C(=O)NCCC(C)C)N(Cc2cccnc2)C1=O. The number of hydrogen-bond donors (Lipinski definition) is 1. The molecule has 0 saturated carbocycles. The van der Waals surface area contributed by atoms with Crippen LogP contribution in [-0.4, -0.2) is 42.9 Å². The van der Waals surface area contributed by atoms with Gasteiger partial charge in [-0.05, 0) is 62.1 Å². The van der Waals surface area contributed by atoms with E-state index in [9.17, 15) is 9.59 Å². The Kier molecular flexibility index (Phi) is 6.16. The van der Waals surface area contributed by atoms with Crippen LogP contribution in [0.25, 0.3) is 16.6 Å². The molecule has 0 spiro atoms. The van der Waals surface area contributed by atoms with Crippen molar-refractivity contribution in [3.63, 3.8) is 0 Å². The number of benzene rings is 1. The highest BCUT2D eigenvalue weighted by Crippen LogP contribution is 2.38. The van der Waals surface area contributed by atoms with E-state index in [1.807, 2.05) is 52.7 Å². The van der Waals surface area contributed by atoms with Crippen LogP contribution in [0.15, 0.2) is 67.3 Å². The van der Waals surface area contributed by atoms with Crippen LogP contribution < -0.4 is 5.32 Å². The number of amides is 2. The van der Waals surface area contributed by atoms with Gasteiger partial charge >= 0.3 is 0 Å². The number of aromatic nitrogens is 3. The number of nitrogens with zero attached hydrogens (tertiary/aromatic N) is 4. The highest BCUT2D eigenvalue weighted by molar-refractivity contribution is 6.09. The molecule has 186 valence electrons. The van der Waals surface area contributed by atoms with Crippen LogP contribution in [0.2, 0.25) is 0 Å². The molecule has 0 aliphatic carbocycles. The molecule has 0 unspecified atom stereocenters. The molecule has 0 fully saturated rings. The van der Waals surface area contributed by atoms with Crippen molar-refractivity contribution in [2.24, 2.45) is 5.92 Å². The van der Waals surface area contributed by atoms with E-state index in [2.05, 4.69) is 49.3 Å². The summed E-state index contributed by atoms with van der Waals surface area (Å²) in [5.74, 6) is 0.177. The first-order valence-electron chi connectivity index (χ1n) is 12.5. The smallest absolute Gasteiger partial charge is 0.273 e. The number of pyridine rings is 1. The molecule has 1 atom stereocenters. The van der Waals surface area contributed by atoms with E-state index in [1.165, 1.54) is 0 Å². The molecule has 1 N–H and O–H groups in total. The van der Waals surface area contributed by atoms with Crippen LogP contribution in [0, 0.1) is 12.8 Å². The third-order valence-corrected chi connectivity index (χ3v) is 7.12. The van der Waals surface area contributed by atoms with Crippen LogP contribution in [0.5, 0.6) is 0 Å². The molecule has 2 amide bonds. The molecule has 3 aromatic heterocycles. The maximum Gasteiger partial charge on any atom is 0.273 e. The molecular weight excluding hydrogens is 450 g/mol. The van der Waals surface area contributed by atoms with Crippen molar-refractivity contribution >= 4 is 22.7 Å². The molecule has 0 radical (unpaired) electrons. The van der Waals surface area contributed by atoms with Gasteiger partial charge in [-0.25, -0.2) is 0 Å². The van der Waals surface area contributed by atoms with Gasteiger partial charge in [-0.3, -0.25) is 14.6 Å². The van der Waals surface area contributed by atoms with Crippen molar-refractivity contribution in [1.29, 1.82) is 0 Å². The minimum atomic E-state index is -1.07. The molecule has 4 aromatic rings. The van der Waals surface area contributed by atoms with E-state index in [-0.39, 0.29) is 11.8 Å². The highest BCUT2D eigenvalue weighted by Gasteiger charge is 2.49. The van der Waals surface area contributed by atoms with E-state index in [1.54, 1.807) is 17.3 Å². The third-order valence-electron chi connectivity index (χ3n) is 7.12. The maximum absolute atomic E-state index is 14.4. The van der Waals surface area contributed by atoms with Gasteiger partial charge in [-0.1, -0.05) is 31.5 Å². The lowest BCUT2D eigenvalue weighted by Gasteiger charge is -2.44. The molecule has 1 aliphatic rings. The Balaban J connectivity index is 1.67. The number of carbonyl (C=O) groups is 2. The van der Waals surface area contributed by atoms with Gasteiger partial charge in [-0.15, -0.1) is 0 Å². The third kappa shape index (κ3) is 4.08. The van der Waals surface area contributed by atoms with Crippen molar-refractivity contribution in [3.05, 3.63) is 84.1 Å². The summed E-state index contributed by atoms with van der Waals surface area (Å²) in [5.41, 5.74) is 3.34. The summed E-state index contributed by atoms with van der Waals surface area (Å²) in [6, 6.07) is 13.9. The second-order valence-electron chi connectivity index (χ2n) is 10.4. The van der Waals surface area contributed by atoms with Gasteiger partial charge in [0.25, 0.3) is 5.91 Å². The van der Waals surface area contributed by atoms with Crippen LogP contribution in [-0.2, 0) is 17.9 Å². The Labute approximate surface area is 211 Å². The topological polar surface area (TPSA) is 72.2 Å². The fourth-order valence-corrected chi connectivity index (χ4v) is 5.10. The molecule has 1 aliphatic heterocycles. The second kappa shape index (κ2) is 9.30. The molecule has 36 heavy (non-hydrogen) atoms. The minimum absolute atomic E-state index is 0.137. The highest BCUT2D eigenvalue weighted by atomic mass is 16.2. The van der Waals surface area contributed by atoms with Crippen LogP contribution in [0.3, 0.4) is 0 Å². The number of aryl methyl sites for hydroxylation is 1. The fraction of sp³-hybridized carbons (Fsp3) is 0.345. The summed E-state index contributed by atoms with van der Waals surface area (Å²) in [6.45, 7) is 9.44. The van der Waals surface area contributed by atoms with Crippen LogP contribution >= 0.6 is 0 Å². The van der Waals surface area contributed by atoms with Gasteiger partial charge in [0.05, 0.1) is 17.7 Å². The van der Waals surface area contributed by atoms with Crippen molar-refractivity contribution in [2.45, 2.75) is 52.7 Å². The van der Waals surface area contributed by atoms with E-state index < -0.39 is 5.54 Å². The van der Waals surface area contributed by atoms with E-state index in [0.29, 0.717) is 31.2 Å². The van der Waals surface area contributed by atoms with Gasteiger partial charge < -0.3 is 19.4 Å². The molecule has 7 heteroatoms. The molecule has 4 heterocycles. The summed E-state index contributed by atoms with van der Waals surface area (Å²) < 4.78 is 4.04. The summed E-state index contributed by atoms with van der Waals surface area (Å²) in [5, 5.41) is 4.12. The van der Waals surface area contributed by atoms with Crippen molar-refractivity contribution in [2.75, 3.05) is 6.54 Å². The average molecular weight is 484 g/mol. The number of fused-ring (bicyclic) bond motifs is 3. The normalized spacial score (nSPS) is 17.6. The quantitative estimate of drug-likeness (QED) is 0.414. The monoisotopic (exact) mass is 483 g/mol. The molecular formula is C29H33N5O2.